The van der Waals surface area contributed by atoms with E-state index in [1.807, 2.05) is 6.92 Å². The molecular formula is C20H22F3N3O2. The van der Waals surface area contributed by atoms with Crippen molar-refractivity contribution >= 4 is 5.78 Å². The summed E-state index contributed by atoms with van der Waals surface area (Å²) in [6, 6.07) is 5.04. The largest absolute Gasteiger partial charge is 0.416 e. The Bertz CT molecular complexity index is 887. The summed E-state index contributed by atoms with van der Waals surface area (Å²) in [5, 5.41) is 0. The van der Waals surface area contributed by atoms with Crippen molar-refractivity contribution in [1.82, 2.24) is 14.9 Å². The molecule has 5 nitrogen and oxygen atoms in total. The highest BCUT2D eigenvalue weighted by Crippen LogP contribution is 2.33. The maximum Gasteiger partial charge on any atom is 0.416 e. The van der Waals surface area contributed by atoms with Crippen LogP contribution in [0.15, 0.2) is 41.5 Å². The van der Waals surface area contributed by atoms with Gasteiger partial charge in [0.05, 0.1) is 11.6 Å². The van der Waals surface area contributed by atoms with E-state index < -0.39 is 11.7 Å². The molecule has 28 heavy (non-hydrogen) atoms. The fourth-order valence-corrected chi connectivity index (χ4v) is 3.73. The SMILES string of the molecule is CC(c1ncc[nH]c1=O)N1CCC(C(=O)Cc2ccccc2C(F)(F)F)CC1. The molecule has 0 radical (unpaired) electrons. The van der Waals surface area contributed by atoms with E-state index in [4.69, 9.17) is 0 Å². The van der Waals surface area contributed by atoms with E-state index in [1.165, 1.54) is 30.6 Å². The highest BCUT2D eigenvalue weighted by Gasteiger charge is 2.34. The summed E-state index contributed by atoms with van der Waals surface area (Å²) in [5.41, 5.74) is -0.539. The Labute approximate surface area is 160 Å². The van der Waals surface area contributed by atoms with Crippen LogP contribution < -0.4 is 5.56 Å². The number of hydrogen-bond acceptors (Lipinski definition) is 4. The molecule has 1 fully saturated rings. The second-order valence-electron chi connectivity index (χ2n) is 7.09. The minimum absolute atomic E-state index is 0.0239. The summed E-state index contributed by atoms with van der Waals surface area (Å²) in [5.74, 6) is -0.438. The number of halogens is 3. The smallest absolute Gasteiger partial charge is 0.326 e. The Morgan fingerprint density at radius 3 is 2.61 bits per heavy atom. The molecule has 0 saturated carbocycles. The van der Waals surface area contributed by atoms with Crippen LogP contribution in [0.4, 0.5) is 13.2 Å². The van der Waals surface area contributed by atoms with E-state index in [2.05, 4.69) is 14.9 Å². The number of nitrogens with one attached hydrogen (secondary N) is 1. The monoisotopic (exact) mass is 393 g/mol. The Morgan fingerprint density at radius 2 is 1.96 bits per heavy atom. The summed E-state index contributed by atoms with van der Waals surface area (Å²) in [6.45, 7) is 3.07. The molecule has 2 heterocycles. The number of H-pyrrole nitrogens is 1. The van der Waals surface area contributed by atoms with Gasteiger partial charge in [-0.3, -0.25) is 19.5 Å². The number of hydrogen-bond donors (Lipinski definition) is 1. The summed E-state index contributed by atoms with van der Waals surface area (Å²) < 4.78 is 39.4. The van der Waals surface area contributed by atoms with Gasteiger partial charge in [0.2, 0.25) is 0 Å². The number of aromatic nitrogens is 2. The maximum atomic E-state index is 13.1. The molecule has 1 aromatic heterocycles. The van der Waals surface area contributed by atoms with Crippen LogP contribution >= 0.6 is 0 Å². The molecule has 3 rings (SSSR count). The average Bonchev–Trinajstić information content (AvgIpc) is 2.67. The third-order valence-corrected chi connectivity index (χ3v) is 5.35. The number of carbonyl (C=O) groups excluding carboxylic acids is 1. The van der Waals surface area contributed by atoms with Gasteiger partial charge in [-0.25, -0.2) is 0 Å². The van der Waals surface area contributed by atoms with Gasteiger partial charge >= 0.3 is 6.18 Å². The summed E-state index contributed by atoms with van der Waals surface area (Å²) in [7, 11) is 0. The Morgan fingerprint density at radius 1 is 1.29 bits per heavy atom. The van der Waals surface area contributed by atoms with Crippen molar-refractivity contribution in [3.63, 3.8) is 0 Å². The van der Waals surface area contributed by atoms with E-state index in [9.17, 15) is 22.8 Å². The van der Waals surface area contributed by atoms with Gasteiger partial charge in [-0.15, -0.1) is 0 Å². The fourth-order valence-electron chi connectivity index (χ4n) is 3.73. The van der Waals surface area contributed by atoms with Crippen molar-refractivity contribution in [3.8, 4) is 0 Å². The number of ketones is 1. The molecule has 0 amide bonds. The minimum Gasteiger partial charge on any atom is -0.326 e. The minimum atomic E-state index is -4.47. The molecule has 8 heteroatoms. The van der Waals surface area contributed by atoms with E-state index in [-0.39, 0.29) is 35.3 Å². The van der Waals surface area contributed by atoms with Crippen LogP contribution in [0.5, 0.6) is 0 Å². The van der Waals surface area contributed by atoms with Crippen molar-refractivity contribution < 1.29 is 18.0 Å². The first-order chi connectivity index (χ1) is 13.3. The number of benzene rings is 1. The zero-order valence-electron chi connectivity index (χ0n) is 15.5. The summed E-state index contributed by atoms with van der Waals surface area (Å²) in [6.07, 6.45) is -0.560. The number of nitrogens with zero attached hydrogens (tertiary/aromatic N) is 2. The molecule has 1 aliphatic rings. The van der Waals surface area contributed by atoms with Crippen LogP contribution in [0.2, 0.25) is 0 Å². The highest BCUT2D eigenvalue weighted by molar-refractivity contribution is 5.83. The van der Waals surface area contributed by atoms with Crippen molar-refractivity contribution in [1.29, 1.82) is 0 Å². The first-order valence-corrected chi connectivity index (χ1v) is 9.23. The molecule has 1 atom stereocenters. The van der Waals surface area contributed by atoms with Crippen molar-refractivity contribution in [3.05, 3.63) is 63.8 Å². The maximum absolute atomic E-state index is 13.1. The molecule has 150 valence electrons. The van der Waals surface area contributed by atoms with Gasteiger partial charge in [-0.2, -0.15) is 13.2 Å². The molecular weight excluding hydrogens is 371 g/mol. The number of Topliss-reactive ketones (excluding diaryl/α,β-unsaturated/α-hetero) is 1. The molecule has 1 unspecified atom stereocenters. The lowest BCUT2D eigenvalue weighted by Gasteiger charge is -2.35. The van der Waals surface area contributed by atoms with Crippen molar-refractivity contribution in [2.45, 2.75) is 38.4 Å². The van der Waals surface area contributed by atoms with E-state index in [1.54, 1.807) is 0 Å². The first kappa shape index (κ1) is 20.3. The number of piperidine rings is 1. The predicted molar refractivity (Wildman–Crippen MR) is 97.7 cm³/mol. The fraction of sp³-hybridized carbons (Fsp3) is 0.450. The Balaban J connectivity index is 1.62. The van der Waals surface area contributed by atoms with Gasteiger partial charge < -0.3 is 4.98 Å². The molecule has 0 bridgehead atoms. The van der Waals surface area contributed by atoms with Crippen LogP contribution in [0.1, 0.15) is 42.6 Å². The van der Waals surface area contributed by atoms with Gasteiger partial charge in [-0.05, 0) is 44.5 Å². The highest BCUT2D eigenvalue weighted by atomic mass is 19.4. The van der Waals surface area contributed by atoms with Gasteiger partial charge in [0.25, 0.3) is 5.56 Å². The van der Waals surface area contributed by atoms with Crippen LogP contribution in [-0.4, -0.2) is 33.7 Å². The number of rotatable bonds is 5. The molecule has 1 aliphatic heterocycles. The van der Waals surface area contributed by atoms with Crippen LogP contribution in [0.3, 0.4) is 0 Å². The van der Waals surface area contributed by atoms with Crippen molar-refractivity contribution in [2.75, 3.05) is 13.1 Å². The lowest BCUT2D eigenvalue weighted by Crippen LogP contribution is -2.40. The standard InChI is InChI=1S/C20H22F3N3O2/c1-13(18-19(28)25-9-8-24-18)26-10-6-14(7-11-26)17(27)12-15-4-2-3-5-16(15)20(21,22)23/h2-5,8-9,13-14H,6-7,10-12H2,1H3,(H,25,28). The van der Waals surface area contributed by atoms with Gasteiger partial charge in [0, 0.05) is 24.7 Å². The van der Waals surface area contributed by atoms with Crippen LogP contribution in [0, 0.1) is 5.92 Å². The van der Waals surface area contributed by atoms with Gasteiger partial charge in [0.1, 0.15) is 11.5 Å². The third kappa shape index (κ3) is 4.49. The lowest BCUT2D eigenvalue weighted by atomic mass is 9.87. The number of carbonyl (C=O) groups is 1. The number of likely N-dealkylation sites (tertiary alicyclic amines) is 1. The predicted octanol–water partition coefficient (Wildman–Crippen LogP) is 3.37. The van der Waals surface area contributed by atoms with Crippen LogP contribution in [0.25, 0.3) is 0 Å². The second-order valence-corrected chi connectivity index (χ2v) is 7.09. The van der Waals surface area contributed by atoms with E-state index in [0.717, 1.165) is 6.07 Å². The lowest BCUT2D eigenvalue weighted by molar-refractivity contribution is -0.138. The zero-order chi connectivity index (χ0) is 20.3. The van der Waals surface area contributed by atoms with Crippen LogP contribution in [-0.2, 0) is 17.4 Å². The third-order valence-electron chi connectivity index (χ3n) is 5.35. The quantitative estimate of drug-likeness (QED) is 0.846. The normalized spacial score (nSPS) is 17.4. The van der Waals surface area contributed by atoms with Gasteiger partial charge in [0.15, 0.2) is 0 Å². The van der Waals surface area contributed by atoms with Gasteiger partial charge in [-0.1, -0.05) is 18.2 Å². The molecule has 2 aromatic rings. The molecule has 1 aromatic carbocycles. The zero-order valence-corrected chi connectivity index (χ0v) is 15.5. The van der Waals surface area contributed by atoms with Crippen molar-refractivity contribution in [2.24, 2.45) is 5.92 Å². The first-order valence-electron chi connectivity index (χ1n) is 9.23. The van der Waals surface area contributed by atoms with E-state index in [0.29, 0.717) is 31.6 Å². The Kier molecular flexibility index (Phi) is 5.98. The molecule has 1 saturated heterocycles. The topological polar surface area (TPSA) is 66.1 Å². The number of aromatic amines is 1. The Hall–Kier alpha value is -2.48. The molecule has 0 spiro atoms. The summed E-state index contributed by atoms with van der Waals surface area (Å²) >= 11 is 0. The number of alkyl halides is 3. The van der Waals surface area contributed by atoms with E-state index >= 15 is 0 Å². The molecule has 1 N–H and O–H groups in total. The second kappa shape index (κ2) is 8.26. The summed E-state index contributed by atoms with van der Waals surface area (Å²) in [4.78, 5) is 33.3. The molecule has 0 aliphatic carbocycles. The average molecular weight is 393 g/mol.